The summed E-state index contributed by atoms with van der Waals surface area (Å²) in [7, 11) is 0. The van der Waals surface area contributed by atoms with E-state index in [1.54, 1.807) is 18.2 Å². The van der Waals surface area contributed by atoms with Gasteiger partial charge in [0.2, 0.25) is 11.9 Å². The molecular weight excluding hydrogens is 459 g/mol. The van der Waals surface area contributed by atoms with Gasteiger partial charge in [0.05, 0.1) is 10.7 Å². The third kappa shape index (κ3) is 7.59. The predicted molar refractivity (Wildman–Crippen MR) is 129 cm³/mol. The Kier molecular flexibility index (Phi) is 10.4. The Morgan fingerprint density at radius 3 is 2.10 bits per heavy atom. The van der Waals surface area contributed by atoms with Crippen molar-refractivity contribution in [2.24, 2.45) is 0 Å². The Bertz CT molecular complexity index is 835. The number of benzene rings is 1. The van der Waals surface area contributed by atoms with Gasteiger partial charge < -0.3 is 14.5 Å². The first-order valence-electron chi connectivity index (χ1n) is 10.2. The number of hydrogen-bond donors (Lipinski definition) is 1. The molecule has 31 heavy (non-hydrogen) atoms. The van der Waals surface area contributed by atoms with Gasteiger partial charge in [-0.15, -0.1) is 0 Å². The van der Waals surface area contributed by atoms with Crippen molar-refractivity contribution >= 4 is 58.6 Å². The van der Waals surface area contributed by atoms with E-state index in [1.165, 1.54) is 11.8 Å². The van der Waals surface area contributed by atoms with Crippen molar-refractivity contribution in [1.82, 2.24) is 15.0 Å². The quantitative estimate of drug-likeness (QED) is 0.342. The van der Waals surface area contributed by atoms with Crippen LogP contribution in [-0.2, 0) is 4.74 Å². The highest BCUT2D eigenvalue weighted by Crippen LogP contribution is 2.25. The number of carbonyl (C=O) groups is 1. The molecule has 0 aliphatic carbocycles. The minimum Gasteiger partial charge on any atom is -0.448 e. The van der Waals surface area contributed by atoms with Crippen LogP contribution in [0.3, 0.4) is 0 Å². The molecule has 1 N–H and O–H groups in total. The van der Waals surface area contributed by atoms with Crippen LogP contribution in [0.15, 0.2) is 23.4 Å². The molecule has 0 saturated heterocycles. The van der Waals surface area contributed by atoms with Gasteiger partial charge in [0.1, 0.15) is 6.61 Å². The van der Waals surface area contributed by atoms with Gasteiger partial charge in [-0.05, 0) is 45.9 Å². The molecule has 0 aliphatic heterocycles. The van der Waals surface area contributed by atoms with E-state index in [9.17, 15) is 4.79 Å². The summed E-state index contributed by atoms with van der Waals surface area (Å²) in [6.45, 7) is 11.7. The van der Waals surface area contributed by atoms with Crippen molar-refractivity contribution in [3.05, 3.63) is 28.2 Å². The van der Waals surface area contributed by atoms with Crippen LogP contribution in [0.1, 0.15) is 27.7 Å². The van der Waals surface area contributed by atoms with Crippen molar-refractivity contribution < 1.29 is 9.53 Å². The second kappa shape index (κ2) is 12.8. The smallest absolute Gasteiger partial charge is 0.411 e. The van der Waals surface area contributed by atoms with Gasteiger partial charge in [0, 0.05) is 37.0 Å². The zero-order valence-electron chi connectivity index (χ0n) is 18.2. The van der Waals surface area contributed by atoms with Crippen LogP contribution in [0.2, 0.25) is 10.0 Å². The lowest BCUT2D eigenvalue weighted by Gasteiger charge is -2.23. The molecule has 8 nitrogen and oxygen atoms in total. The summed E-state index contributed by atoms with van der Waals surface area (Å²) in [6.07, 6.45) is -0.590. The third-order valence-electron chi connectivity index (χ3n) is 4.40. The second-order valence-electron chi connectivity index (χ2n) is 6.30. The van der Waals surface area contributed by atoms with Crippen molar-refractivity contribution in [3.63, 3.8) is 0 Å². The standard InChI is InChI=1S/C20H28Cl2N6O2S/c1-5-27(6-2)17-24-18(28(7-3)8-4)26-19(25-17)31-12-11-30-20(29)23-16-10-9-14(21)13-15(16)22/h9-10,13H,5-8,11-12H2,1-4H3,(H,23,29). The van der Waals surface area contributed by atoms with Crippen LogP contribution in [0.5, 0.6) is 0 Å². The molecule has 1 amide bonds. The van der Waals surface area contributed by atoms with Gasteiger partial charge in [-0.1, -0.05) is 35.0 Å². The van der Waals surface area contributed by atoms with Crippen molar-refractivity contribution in [3.8, 4) is 0 Å². The fourth-order valence-corrected chi connectivity index (χ4v) is 3.80. The van der Waals surface area contributed by atoms with Crippen molar-refractivity contribution in [2.45, 2.75) is 32.9 Å². The van der Waals surface area contributed by atoms with Crippen LogP contribution in [-0.4, -0.2) is 59.6 Å². The highest BCUT2D eigenvalue weighted by atomic mass is 35.5. The number of ether oxygens (including phenoxy) is 1. The van der Waals surface area contributed by atoms with Crippen LogP contribution < -0.4 is 15.1 Å². The predicted octanol–water partition coefficient (Wildman–Crippen LogP) is 5.21. The maximum absolute atomic E-state index is 12.0. The molecule has 1 heterocycles. The fraction of sp³-hybridized carbons (Fsp3) is 0.500. The molecule has 11 heteroatoms. The van der Waals surface area contributed by atoms with E-state index in [0.29, 0.717) is 38.5 Å². The van der Waals surface area contributed by atoms with Crippen LogP contribution in [0.4, 0.5) is 22.4 Å². The first-order valence-corrected chi connectivity index (χ1v) is 11.9. The Hall–Kier alpha value is -1.97. The second-order valence-corrected chi connectivity index (χ2v) is 8.20. The average molecular weight is 487 g/mol. The lowest BCUT2D eigenvalue weighted by atomic mass is 10.3. The van der Waals surface area contributed by atoms with Gasteiger partial charge in [0.15, 0.2) is 5.16 Å². The molecule has 0 spiro atoms. The average Bonchev–Trinajstić information content (AvgIpc) is 2.75. The number of nitrogens with zero attached hydrogens (tertiary/aromatic N) is 5. The Labute approximate surface area is 197 Å². The highest BCUT2D eigenvalue weighted by molar-refractivity contribution is 7.99. The normalized spacial score (nSPS) is 10.6. The minimum absolute atomic E-state index is 0.189. The largest absolute Gasteiger partial charge is 0.448 e. The molecule has 0 aliphatic rings. The summed E-state index contributed by atoms with van der Waals surface area (Å²) >= 11 is 13.3. The highest BCUT2D eigenvalue weighted by Gasteiger charge is 2.15. The van der Waals surface area contributed by atoms with Gasteiger partial charge >= 0.3 is 6.09 Å². The SMILES string of the molecule is CCN(CC)c1nc(SCCOC(=O)Nc2ccc(Cl)cc2Cl)nc(N(CC)CC)n1. The first kappa shape index (κ1) is 25.3. The maximum atomic E-state index is 12.0. The number of anilines is 3. The van der Waals surface area contributed by atoms with Crippen LogP contribution in [0, 0.1) is 0 Å². The molecule has 2 aromatic rings. The van der Waals surface area contributed by atoms with E-state index in [0.717, 1.165) is 26.2 Å². The summed E-state index contributed by atoms with van der Waals surface area (Å²) in [5.41, 5.74) is 0.439. The van der Waals surface area contributed by atoms with E-state index in [1.807, 2.05) is 0 Å². The number of aromatic nitrogens is 3. The van der Waals surface area contributed by atoms with Gasteiger partial charge in [-0.25, -0.2) is 4.79 Å². The number of rotatable bonds is 11. The monoisotopic (exact) mass is 486 g/mol. The lowest BCUT2D eigenvalue weighted by Crippen LogP contribution is -2.28. The van der Waals surface area contributed by atoms with Crippen LogP contribution >= 0.6 is 35.0 Å². The molecule has 0 fully saturated rings. The minimum atomic E-state index is -0.590. The number of hydrogen-bond acceptors (Lipinski definition) is 8. The molecule has 1 aromatic heterocycles. The zero-order valence-corrected chi connectivity index (χ0v) is 20.5. The van der Waals surface area contributed by atoms with Crippen LogP contribution in [0.25, 0.3) is 0 Å². The molecular formula is C20H28Cl2N6O2S. The topological polar surface area (TPSA) is 83.5 Å². The van der Waals surface area contributed by atoms with Gasteiger partial charge in [-0.3, -0.25) is 5.32 Å². The zero-order chi connectivity index (χ0) is 22.8. The molecule has 0 radical (unpaired) electrons. The maximum Gasteiger partial charge on any atom is 0.411 e. The number of thioether (sulfide) groups is 1. The van der Waals surface area contributed by atoms with Crippen molar-refractivity contribution in [2.75, 3.05) is 53.7 Å². The molecule has 0 unspecified atom stereocenters. The van der Waals surface area contributed by atoms with E-state index in [2.05, 4.69) is 57.8 Å². The number of halogens is 2. The van der Waals surface area contributed by atoms with E-state index < -0.39 is 6.09 Å². The summed E-state index contributed by atoms with van der Waals surface area (Å²) in [6, 6.07) is 4.81. The Balaban J connectivity index is 1.97. The number of nitrogens with one attached hydrogen (secondary N) is 1. The molecule has 0 bridgehead atoms. The summed E-state index contributed by atoms with van der Waals surface area (Å²) in [5, 5.41) is 4.04. The van der Waals surface area contributed by atoms with Gasteiger partial charge in [0.25, 0.3) is 0 Å². The van der Waals surface area contributed by atoms with E-state index >= 15 is 0 Å². The van der Waals surface area contributed by atoms with E-state index in [4.69, 9.17) is 27.9 Å². The van der Waals surface area contributed by atoms with Gasteiger partial charge in [-0.2, -0.15) is 15.0 Å². The number of amides is 1. The molecule has 2 rings (SSSR count). The van der Waals surface area contributed by atoms with Crippen molar-refractivity contribution in [1.29, 1.82) is 0 Å². The molecule has 1 aromatic carbocycles. The summed E-state index contributed by atoms with van der Waals surface area (Å²) < 4.78 is 5.24. The van der Waals surface area contributed by atoms with E-state index in [-0.39, 0.29) is 6.61 Å². The molecule has 0 saturated carbocycles. The number of carbonyl (C=O) groups excluding carboxylic acids is 1. The molecule has 170 valence electrons. The lowest BCUT2D eigenvalue weighted by molar-refractivity contribution is 0.169. The third-order valence-corrected chi connectivity index (χ3v) is 5.76. The molecule has 0 atom stereocenters. The Morgan fingerprint density at radius 1 is 1.00 bits per heavy atom. The Morgan fingerprint density at radius 2 is 1.58 bits per heavy atom. The fourth-order valence-electron chi connectivity index (χ4n) is 2.70. The summed E-state index contributed by atoms with van der Waals surface area (Å²) in [5.74, 6) is 1.81. The first-order chi connectivity index (χ1) is 14.9. The summed E-state index contributed by atoms with van der Waals surface area (Å²) in [4.78, 5) is 30.0.